The molecule has 2 N–H and O–H groups in total. The van der Waals surface area contributed by atoms with Crippen molar-refractivity contribution in [3.63, 3.8) is 0 Å². The van der Waals surface area contributed by atoms with E-state index in [9.17, 15) is 4.79 Å². The van der Waals surface area contributed by atoms with Gasteiger partial charge in [-0.2, -0.15) is 0 Å². The molecule has 0 spiro atoms. The van der Waals surface area contributed by atoms with E-state index in [0.717, 1.165) is 0 Å². The Morgan fingerprint density at radius 2 is 2.44 bits per heavy atom. The molecular formula is C11H14ClN3O. The third kappa shape index (κ3) is 2.73. The maximum Gasteiger partial charge on any atom is 0.257 e. The van der Waals surface area contributed by atoms with Crippen molar-refractivity contribution in [3.8, 4) is 0 Å². The molecule has 0 aliphatic heterocycles. The Kier molecular flexibility index (Phi) is 4.31. The number of nitrogen functional groups attached to an aromatic ring is 1. The Morgan fingerprint density at radius 1 is 1.75 bits per heavy atom. The summed E-state index contributed by atoms with van der Waals surface area (Å²) in [4.78, 5) is 17.5. The van der Waals surface area contributed by atoms with Gasteiger partial charge in [0.1, 0.15) is 5.15 Å². The number of aromatic nitrogens is 1. The van der Waals surface area contributed by atoms with Gasteiger partial charge in [0.2, 0.25) is 0 Å². The maximum atomic E-state index is 12.0. The Hall–Kier alpha value is -1.55. The third-order valence-electron chi connectivity index (χ3n) is 2.11. The fourth-order valence-corrected chi connectivity index (χ4v) is 1.48. The molecule has 0 unspecified atom stereocenters. The number of hydrogen-bond donors (Lipinski definition) is 1. The van der Waals surface area contributed by atoms with Gasteiger partial charge in [-0.25, -0.2) is 4.98 Å². The molecule has 86 valence electrons. The number of amides is 1. The number of nitrogens with two attached hydrogens (primary N) is 1. The Bertz CT molecular complexity index is 406. The first-order valence-electron chi connectivity index (χ1n) is 4.91. The zero-order valence-corrected chi connectivity index (χ0v) is 9.87. The van der Waals surface area contributed by atoms with Crippen LogP contribution in [0.5, 0.6) is 0 Å². The van der Waals surface area contributed by atoms with E-state index < -0.39 is 0 Å². The lowest BCUT2D eigenvalue weighted by atomic mass is 10.2. The van der Waals surface area contributed by atoms with Crippen LogP contribution in [0.15, 0.2) is 24.9 Å². The van der Waals surface area contributed by atoms with Crippen LogP contribution >= 0.6 is 11.6 Å². The number of nitrogens with zero attached hydrogens (tertiary/aromatic N) is 2. The molecule has 0 bridgehead atoms. The average Bonchev–Trinajstić information content (AvgIpc) is 2.28. The molecule has 0 aliphatic carbocycles. The van der Waals surface area contributed by atoms with Gasteiger partial charge in [0.25, 0.3) is 5.91 Å². The van der Waals surface area contributed by atoms with E-state index in [-0.39, 0.29) is 11.1 Å². The molecule has 0 radical (unpaired) electrons. The topological polar surface area (TPSA) is 59.2 Å². The molecule has 1 amide bonds. The monoisotopic (exact) mass is 239 g/mol. The second-order valence-corrected chi connectivity index (χ2v) is 3.60. The van der Waals surface area contributed by atoms with Gasteiger partial charge in [-0.3, -0.25) is 4.79 Å². The van der Waals surface area contributed by atoms with Crippen molar-refractivity contribution in [2.24, 2.45) is 0 Å². The minimum Gasteiger partial charge on any atom is -0.397 e. The van der Waals surface area contributed by atoms with Crippen LogP contribution in [0.25, 0.3) is 0 Å². The van der Waals surface area contributed by atoms with Gasteiger partial charge in [0, 0.05) is 13.1 Å². The number of anilines is 1. The van der Waals surface area contributed by atoms with Crippen LogP contribution in [-0.4, -0.2) is 28.9 Å². The second kappa shape index (κ2) is 5.51. The van der Waals surface area contributed by atoms with Gasteiger partial charge >= 0.3 is 0 Å². The van der Waals surface area contributed by atoms with Crippen LogP contribution in [0, 0.1) is 0 Å². The number of rotatable bonds is 4. The fourth-order valence-electron chi connectivity index (χ4n) is 1.30. The Morgan fingerprint density at radius 3 is 3.00 bits per heavy atom. The molecule has 5 heteroatoms. The molecule has 0 atom stereocenters. The van der Waals surface area contributed by atoms with Gasteiger partial charge in [-0.05, 0) is 13.0 Å². The van der Waals surface area contributed by atoms with Crippen molar-refractivity contribution in [2.75, 3.05) is 18.8 Å². The highest BCUT2D eigenvalue weighted by molar-refractivity contribution is 6.32. The molecule has 0 aromatic carbocycles. The lowest BCUT2D eigenvalue weighted by Gasteiger charge is -2.19. The van der Waals surface area contributed by atoms with Crippen LogP contribution in [0.3, 0.4) is 0 Å². The minimum absolute atomic E-state index is 0.168. The lowest BCUT2D eigenvalue weighted by Crippen LogP contribution is -2.31. The summed E-state index contributed by atoms with van der Waals surface area (Å²) in [5.74, 6) is -0.188. The van der Waals surface area contributed by atoms with Crippen LogP contribution in [0.2, 0.25) is 5.15 Å². The van der Waals surface area contributed by atoms with E-state index in [2.05, 4.69) is 11.6 Å². The number of likely N-dealkylation sites (N-methyl/N-ethyl adjacent to an activating group) is 1. The highest BCUT2D eigenvalue weighted by Gasteiger charge is 2.17. The molecule has 1 aromatic rings. The number of halogens is 1. The van der Waals surface area contributed by atoms with E-state index in [1.54, 1.807) is 11.0 Å². The average molecular weight is 240 g/mol. The summed E-state index contributed by atoms with van der Waals surface area (Å²) in [5.41, 5.74) is 6.31. The standard InChI is InChI=1S/C11H14ClN3O/c1-3-5-15(4-2)11(16)9-6-8(13)7-14-10(9)12/h3,6-7H,1,4-5,13H2,2H3. The molecule has 0 fully saturated rings. The van der Waals surface area contributed by atoms with Crippen molar-refractivity contribution < 1.29 is 4.79 Å². The summed E-state index contributed by atoms with van der Waals surface area (Å²) in [7, 11) is 0. The van der Waals surface area contributed by atoms with Gasteiger partial charge < -0.3 is 10.6 Å². The van der Waals surface area contributed by atoms with E-state index in [1.807, 2.05) is 6.92 Å². The molecule has 1 heterocycles. The smallest absolute Gasteiger partial charge is 0.257 e. The zero-order valence-electron chi connectivity index (χ0n) is 9.11. The highest BCUT2D eigenvalue weighted by Crippen LogP contribution is 2.17. The quantitative estimate of drug-likeness (QED) is 0.646. The first kappa shape index (κ1) is 12.5. The summed E-state index contributed by atoms with van der Waals surface area (Å²) in [6.45, 7) is 6.53. The molecule has 16 heavy (non-hydrogen) atoms. The van der Waals surface area contributed by atoms with Gasteiger partial charge in [-0.1, -0.05) is 17.7 Å². The van der Waals surface area contributed by atoms with Crippen LogP contribution in [-0.2, 0) is 0 Å². The molecule has 0 saturated carbocycles. The third-order valence-corrected chi connectivity index (χ3v) is 2.41. The summed E-state index contributed by atoms with van der Waals surface area (Å²) in [5, 5.41) is 0.168. The number of carbonyl (C=O) groups is 1. The summed E-state index contributed by atoms with van der Waals surface area (Å²) in [6.07, 6.45) is 3.08. The van der Waals surface area contributed by atoms with Gasteiger partial charge in [0.05, 0.1) is 17.4 Å². The largest absolute Gasteiger partial charge is 0.397 e. The zero-order chi connectivity index (χ0) is 12.1. The molecule has 0 saturated heterocycles. The van der Waals surface area contributed by atoms with Crippen molar-refractivity contribution in [1.29, 1.82) is 0 Å². The molecular weight excluding hydrogens is 226 g/mol. The minimum atomic E-state index is -0.188. The maximum absolute atomic E-state index is 12.0. The Balaban J connectivity index is 3.02. The Labute approximate surface area is 99.7 Å². The van der Waals surface area contributed by atoms with Crippen LogP contribution < -0.4 is 5.73 Å². The van der Waals surface area contributed by atoms with Crippen molar-refractivity contribution in [1.82, 2.24) is 9.88 Å². The van der Waals surface area contributed by atoms with E-state index >= 15 is 0 Å². The molecule has 1 rings (SSSR count). The first-order chi connectivity index (χ1) is 7.60. The van der Waals surface area contributed by atoms with E-state index in [1.165, 1.54) is 12.3 Å². The van der Waals surface area contributed by atoms with Crippen molar-refractivity contribution >= 4 is 23.2 Å². The second-order valence-electron chi connectivity index (χ2n) is 3.24. The fraction of sp³-hybridized carbons (Fsp3) is 0.273. The summed E-state index contributed by atoms with van der Waals surface area (Å²) >= 11 is 5.85. The van der Waals surface area contributed by atoms with E-state index in [0.29, 0.717) is 24.3 Å². The summed E-state index contributed by atoms with van der Waals surface area (Å²) in [6, 6.07) is 1.53. The predicted octanol–water partition coefficient (Wildman–Crippen LogP) is 1.97. The number of hydrogen-bond acceptors (Lipinski definition) is 3. The van der Waals surface area contributed by atoms with Crippen LogP contribution in [0.4, 0.5) is 5.69 Å². The molecule has 1 aromatic heterocycles. The van der Waals surface area contributed by atoms with Gasteiger partial charge in [-0.15, -0.1) is 6.58 Å². The number of carbonyl (C=O) groups excluding carboxylic acids is 1. The lowest BCUT2D eigenvalue weighted by molar-refractivity contribution is 0.0782. The normalized spacial score (nSPS) is 9.88. The first-order valence-corrected chi connectivity index (χ1v) is 5.29. The van der Waals surface area contributed by atoms with Gasteiger partial charge in [0.15, 0.2) is 0 Å². The SMILES string of the molecule is C=CCN(CC)C(=O)c1cc(N)cnc1Cl. The number of pyridine rings is 1. The highest BCUT2D eigenvalue weighted by atomic mass is 35.5. The predicted molar refractivity (Wildman–Crippen MR) is 65.4 cm³/mol. The van der Waals surface area contributed by atoms with E-state index in [4.69, 9.17) is 17.3 Å². The van der Waals surface area contributed by atoms with Crippen molar-refractivity contribution in [2.45, 2.75) is 6.92 Å². The summed E-state index contributed by atoms with van der Waals surface area (Å²) < 4.78 is 0. The molecule has 0 aliphatic rings. The molecule has 4 nitrogen and oxygen atoms in total. The van der Waals surface area contributed by atoms with Crippen molar-refractivity contribution in [3.05, 3.63) is 35.6 Å². The van der Waals surface area contributed by atoms with Crippen LogP contribution in [0.1, 0.15) is 17.3 Å².